The van der Waals surface area contributed by atoms with Crippen molar-refractivity contribution in [2.45, 2.75) is 6.92 Å². The molecule has 0 aromatic heterocycles. The molecule has 7 heavy (non-hydrogen) atoms. The molecule has 36 valence electrons. The molecule has 0 rings (SSSR count). The molecule has 5 heteroatoms. The second kappa shape index (κ2) is 15.6. The van der Waals surface area contributed by atoms with Crippen molar-refractivity contribution >= 4 is 52.9 Å². The fourth-order valence-electron chi connectivity index (χ4n) is 0. The summed E-state index contributed by atoms with van der Waals surface area (Å²) in [4.78, 5) is 9.00. The summed E-state index contributed by atoms with van der Waals surface area (Å²) in [7, 11) is 0. The first-order valence-corrected chi connectivity index (χ1v) is 0.928. The van der Waals surface area contributed by atoms with Crippen LogP contribution >= 0.6 is 0 Å². The van der Waals surface area contributed by atoms with Crippen LogP contribution in [0.15, 0.2) is 0 Å². The quantitative estimate of drug-likeness (QED) is 0.420. The molecule has 0 saturated heterocycles. The molecule has 0 fully saturated rings. The van der Waals surface area contributed by atoms with Crippen LogP contribution in [0.25, 0.3) is 0 Å². The Kier molecular flexibility index (Phi) is 52.4. The zero-order chi connectivity index (χ0) is 3.58. The van der Waals surface area contributed by atoms with Crippen LogP contribution in [0.5, 0.6) is 0 Å². The normalized spacial score (nSPS) is 3.57. The summed E-state index contributed by atoms with van der Waals surface area (Å²) in [6.45, 7) is 1.08. The van der Waals surface area contributed by atoms with Gasteiger partial charge in [0.2, 0.25) is 0 Å². The van der Waals surface area contributed by atoms with E-state index in [1.54, 1.807) is 0 Å². The first kappa shape index (κ1) is 23.4. The van der Waals surface area contributed by atoms with Crippen molar-refractivity contribution in [3.8, 4) is 0 Å². The summed E-state index contributed by atoms with van der Waals surface area (Å²) < 4.78 is 0. The molecular weight excluding hydrogens is 206 g/mol. The molecule has 0 aromatic carbocycles. The monoisotopic (exact) mass is 216 g/mol. The van der Waals surface area contributed by atoms with Gasteiger partial charge in [0.25, 0.3) is 5.97 Å². The van der Waals surface area contributed by atoms with Gasteiger partial charge in [0.1, 0.15) is 0 Å². The van der Waals surface area contributed by atoms with Crippen molar-refractivity contribution in [3.63, 3.8) is 0 Å². The average molecular weight is 215 g/mol. The Morgan fingerprint density at radius 2 is 1.71 bits per heavy atom. The van der Waals surface area contributed by atoms with Crippen LogP contribution in [-0.2, 0) is 4.79 Å². The minimum atomic E-state index is -0.833. The molecular formula is C2H9LiMgO2Sn. The SMILES string of the molecule is CC(=O)O.[H-].[H-].[H-].[Li+].[Mg+2].[SnH2]. The van der Waals surface area contributed by atoms with E-state index >= 15 is 0 Å². The van der Waals surface area contributed by atoms with Gasteiger partial charge in [-0.1, -0.05) is 0 Å². The summed E-state index contributed by atoms with van der Waals surface area (Å²) in [6.07, 6.45) is 0. The van der Waals surface area contributed by atoms with E-state index in [0.717, 1.165) is 6.92 Å². The third kappa shape index (κ3) is 90.9. The van der Waals surface area contributed by atoms with Crippen LogP contribution in [0.3, 0.4) is 0 Å². The van der Waals surface area contributed by atoms with Gasteiger partial charge < -0.3 is 9.39 Å². The van der Waals surface area contributed by atoms with Crippen molar-refractivity contribution in [1.82, 2.24) is 0 Å². The molecule has 0 bridgehead atoms. The van der Waals surface area contributed by atoms with Gasteiger partial charge in [-0.2, -0.15) is 0 Å². The van der Waals surface area contributed by atoms with Gasteiger partial charge in [-0.15, -0.1) is 0 Å². The Labute approximate surface area is 92.2 Å². The van der Waals surface area contributed by atoms with Crippen LogP contribution in [0.1, 0.15) is 11.2 Å². The number of rotatable bonds is 0. The molecule has 0 unspecified atom stereocenters. The van der Waals surface area contributed by atoms with E-state index in [1.807, 2.05) is 0 Å². The Morgan fingerprint density at radius 1 is 1.71 bits per heavy atom. The zero-order valence-electron chi connectivity index (χ0n) is 7.77. The van der Waals surface area contributed by atoms with Crippen molar-refractivity contribution in [3.05, 3.63) is 0 Å². The molecule has 0 aromatic rings. The fourth-order valence-corrected chi connectivity index (χ4v) is 0. The number of aliphatic carboxylic acids is 1. The Hall–Kier alpha value is 1.63. The van der Waals surface area contributed by atoms with Gasteiger partial charge in [-0.05, 0) is 0 Å². The Bertz CT molecular complexity index is 47.5. The van der Waals surface area contributed by atoms with E-state index in [2.05, 4.69) is 0 Å². The molecule has 0 atom stereocenters. The van der Waals surface area contributed by atoms with Gasteiger partial charge in [-0.3, -0.25) is 4.79 Å². The van der Waals surface area contributed by atoms with E-state index in [0.29, 0.717) is 0 Å². The molecule has 0 aliphatic heterocycles. The summed E-state index contributed by atoms with van der Waals surface area (Å²) in [5, 5.41) is 7.42. The number of hydrogen-bond acceptors (Lipinski definition) is 1. The molecule has 1 N–H and O–H groups in total. The van der Waals surface area contributed by atoms with Gasteiger partial charge in [0, 0.05) is 6.92 Å². The summed E-state index contributed by atoms with van der Waals surface area (Å²) >= 11 is 0. The van der Waals surface area contributed by atoms with Gasteiger partial charge in [-0.25, -0.2) is 0 Å². The summed E-state index contributed by atoms with van der Waals surface area (Å²) in [5.74, 6) is -0.833. The van der Waals surface area contributed by atoms with Crippen molar-refractivity contribution in [2.24, 2.45) is 0 Å². The molecule has 2 radical (unpaired) electrons. The topological polar surface area (TPSA) is 37.3 Å². The third-order valence-corrected chi connectivity index (χ3v) is 0. The molecule has 0 amide bonds. The number of carboxylic acid groups (broad SMARTS) is 1. The van der Waals surface area contributed by atoms with Crippen molar-refractivity contribution < 1.29 is 33.0 Å². The Balaban J connectivity index is -0.00000000300. The molecule has 0 saturated carbocycles. The van der Waals surface area contributed by atoms with E-state index in [4.69, 9.17) is 9.90 Å². The molecule has 0 aliphatic rings. The van der Waals surface area contributed by atoms with Crippen LogP contribution in [0, 0.1) is 0 Å². The predicted molar refractivity (Wildman–Crippen MR) is 30.9 cm³/mol. The van der Waals surface area contributed by atoms with Crippen LogP contribution in [0.2, 0.25) is 0 Å². The second-order valence-corrected chi connectivity index (χ2v) is 0.519. The number of carboxylic acids is 1. The van der Waals surface area contributed by atoms with E-state index in [1.165, 1.54) is 0 Å². The molecule has 0 aliphatic carbocycles. The molecule has 0 heterocycles. The van der Waals surface area contributed by atoms with Gasteiger partial charge in [0.05, 0.1) is 0 Å². The summed E-state index contributed by atoms with van der Waals surface area (Å²) in [5.41, 5.74) is 0. The van der Waals surface area contributed by atoms with Crippen LogP contribution in [0.4, 0.5) is 0 Å². The second-order valence-electron chi connectivity index (χ2n) is 0.519. The number of hydrogen-bond donors (Lipinski definition) is 1. The predicted octanol–water partition coefficient (Wildman–Crippen LogP) is -3.86. The Morgan fingerprint density at radius 3 is 1.71 bits per heavy atom. The summed E-state index contributed by atoms with van der Waals surface area (Å²) in [6, 6.07) is 0. The third-order valence-electron chi connectivity index (χ3n) is 0. The first-order valence-electron chi connectivity index (χ1n) is 0.928. The van der Waals surface area contributed by atoms with Crippen molar-refractivity contribution in [2.75, 3.05) is 0 Å². The standard InChI is InChI=1S/C2H4O2.Li.Mg.Sn.5H/c1-2(3)4;;;;;;;;/h1H3,(H,3,4);;;;;;;;/q;+1;+2;;;;3*-1. The first-order chi connectivity index (χ1) is 1.73. The maximum atomic E-state index is 9.00. The zero-order valence-corrected chi connectivity index (χ0v) is 10.2. The van der Waals surface area contributed by atoms with Gasteiger partial charge >= 0.3 is 65.8 Å². The fraction of sp³-hybridized carbons (Fsp3) is 0.500. The maximum absolute atomic E-state index is 9.00. The van der Waals surface area contributed by atoms with E-state index < -0.39 is 5.97 Å². The molecule has 2 nitrogen and oxygen atoms in total. The number of carbonyl (C=O) groups is 1. The minimum absolute atomic E-state index is 0. The van der Waals surface area contributed by atoms with Crippen molar-refractivity contribution in [1.29, 1.82) is 0 Å². The van der Waals surface area contributed by atoms with E-state index in [9.17, 15) is 0 Å². The molecule has 0 spiro atoms. The van der Waals surface area contributed by atoms with E-state index in [-0.39, 0.29) is 70.1 Å². The van der Waals surface area contributed by atoms with Gasteiger partial charge in [0.15, 0.2) is 0 Å². The van der Waals surface area contributed by atoms with Crippen LogP contribution in [-0.4, -0.2) is 58.0 Å². The average Bonchev–Trinajstić information content (AvgIpc) is 0.811. The van der Waals surface area contributed by atoms with Crippen LogP contribution < -0.4 is 18.9 Å².